The van der Waals surface area contributed by atoms with Crippen molar-refractivity contribution >= 4 is 11.9 Å². The Bertz CT molecular complexity index is 698. The predicted molar refractivity (Wildman–Crippen MR) is 114 cm³/mol. The molecule has 4 nitrogen and oxygen atoms in total. The van der Waals surface area contributed by atoms with Crippen LogP contribution in [0.5, 0.6) is 0 Å². The minimum atomic E-state index is -0.453. The minimum Gasteiger partial charge on any atom is -0.462 e. The summed E-state index contributed by atoms with van der Waals surface area (Å²) in [4.78, 5) is 26.0. The highest BCUT2D eigenvalue weighted by Crippen LogP contribution is 2.62. The summed E-state index contributed by atoms with van der Waals surface area (Å²) in [5, 5.41) is 0. The SMILES string of the molecule is CCC(C)(C)C(=O)OC1CC2CC(C(=O)OC3C4CC5CC(C4)CC3(CC)C5)C1C2. The van der Waals surface area contributed by atoms with Crippen LogP contribution in [0.2, 0.25) is 0 Å². The lowest BCUT2D eigenvalue weighted by Gasteiger charge is -2.60. The summed E-state index contributed by atoms with van der Waals surface area (Å²) < 4.78 is 12.4. The lowest BCUT2D eigenvalue weighted by molar-refractivity contribution is -0.201. The molecule has 0 amide bonds. The average molecular weight is 417 g/mol. The highest BCUT2D eigenvalue weighted by Gasteiger charge is 2.59. The Labute approximate surface area is 181 Å². The minimum absolute atomic E-state index is 0.0169. The van der Waals surface area contributed by atoms with Crippen molar-refractivity contribution in [3.8, 4) is 0 Å². The summed E-state index contributed by atoms with van der Waals surface area (Å²) in [5.74, 6) is 2.82. The summed E-state index contributed by atoms with van der Waals surface area (Å²) in [6.45, 7) is 8.23. The van der Waals surface area contributed by atoms with Crippen LogP contribution in [0, 0.1) is 46.3 Å². The first-order valence-electron chi connectivity index (χ1n) is 12.7. The van der Waals surface area contributed by atoms with E-state index >= 15 is 0 Å². The molecule has 0 aromatic rings. The molecule has 0 saturated heterocycles. The summed E-state index contributed by atoms with van der Waals surface area (Å²) in [5.41, 5.74) is -0.217. The van der Waals surface area contributed by atoms with Crippen molar-refractivity contribution in [3.63, 3.8) is 0 Å². The van der Waals surface area contributed by atoms with Gasteiger partial charge in [0.25, 0.3) is 0 Å². The molecule has 168 valence electrons. The van der Waals surface area contributed by atoms with Crippen molar-refractivity contribution in [2.45, 2.75) is 104 Å². The largest absolute Gasteiger partial charge is 0.462 e. The quantitative estimate of drug-likeness (QED) is 0.534. The van der Waals surface area contributed by atoms with Crippen molar-refractivity contribution < 1.29 is 19.1 Å². The predicted octanol–water partition coefficient (Wildman–Crippen LogP) is 5.53. The normalized spacial score (nSPS) is 46.3. The molecule has 0 spiro atoms. The van der Waals surface area contributed by atoms with Gasteiger partial charge in [0.05, 0.1) is 11.3 Å². The smallest absolute Gasteiger partial charge is 0.311 e. The van der Waals surface area contributed by atoms with Crippen LogP contribution >= 0.6 is 0 Å². The Kier molecular flexibility index (Phi) is 5.02. The molecule has 6 saturated carbocycles. The number of esters is 2. The van der Waals surface area contributed by atoms with Crippen LogP contribution in [-0.4, -0.2) is 24.1 Å². The molecule has 4 heteroatoms. The first-order chi connectivity index (χ1) is 14.2. The molecule has 6 fully saturated rings. The highest BCUT2D eigenvalue weighted by molar-refractivity contribution is 5.77. The molecule has 0 aromatic carbocycles. The number of hydrogen-bond donors (Lipinski definition) is 0. The topological polar surface area (TPSA) is 52.6 Å². The molecule has 0 aliphatic heterocycles. The van der Waals surface area contributed by atoms with Crippen LogP contribution < -0.4 is 0 Å². The Morgan fingerprint density at radius 2 is 1.60 bits per heavy atom. The third kappa shape index (κ3) is 3.23. The average Bonchev–Trinajstić information content (AvgIpc) is 3.30. The molecule has 0 heterocycles. The maximum Gasteiger partial charge on any atom is 0.311 e. The van der Waals surface area contributed by atoms with Crippen LogP contribution in [0.3, 0.4) is 0 Å². The van der Waals surface area contributed by atoms with E-state index in [-0.39, 0.29) is 41.4 Å². The van der Waals surface area contributed by atoms with Crippen LogP contribution in [0.25, 0.3) is 0 Å². The van der Waals surface area contributed by atoms with Crippen LogP contribution in [0.4, 0.5) is 0 Å². The maximum atomic E-state index is 13.4. The Hall–Kier alpha value is -1.06. The van der Waals surface area contributed by atoms with Gasteiger partial charge in [-0.1, -0.05) is 13.8 Å². The first kappa shape index (κ1) is 20.8. The standard InChI is InChI=1S/C26H40O4/c1-5-25(3,4)24(28)29-21-12-15-10-19(21)20(11-15)23(27)30-22-18-8-16-7-17(9-18)14-26(22,6-2)13-16/h15-22H,5-14H2,1-4H3. The zero-order chi connectivity index (χ0) is 21.3. The van der Waals surface area contributed by atoms with Gasteiger partial charge in [-0.25, -0.2) is 0 Å². The third-order valence-electron chi connectivity index (χ3n) is 10.1. The van der Waals surface area contributed by atoms with Gasteiger partial charge in [0.15, 0.2) is 0 Å². The molecule has 0 radical (unpaired) electrons. The number of hydrogen-bond acceptors (Lipinski definition) is 4. The molecule has 6 rings (SSSR count). The van der Waals surface area contributed by atoms with E-state index in [0.29, 0.717) is 11.8 Å². The fourth-order valence-corrected chi connectivity index (χ4v) is 8.22. The van der Waals surface area contributed by atoms with Gasteiger partial charge in [-0.3, -0.25) is 9.59 Å². The number of carbonyl (C=O) groups excluding carboxylic acids is 2. The number of carbonyl (C=O) groups is 2. The molecular formula is C26H40O4. The van der Waals surface area contributed by atoms with E-state index in [4.69, 9.17) is 9.47 Å². The maximum absolute atomic E-state index is 13.4. The molecular weight excluding hydrogens is 376 g/mol. The van der Waals surface area contributed by atoms with Crippen molar-refractivity contribution in [2.24, 2.45) is 46.3 Å². The second kappa shape index (κ2) is 7.24. The van der Waals surface area contributed by atoms with E-state index in [9.17, 15) is 9.59 Å². The molecule has 0 aromatic heterocycles. The van der Waals surface area contributed by atoms with E-state index in [1.807, 2.05) is 20.8 Å². The van der Waals surface area contributed by atoms with E-state index < -0.39 is 5.41 Å². The van der Waals surface area contributed by atoms with Gasteiger partial charge in [-0.15, -0.1) is 0 Å². The molecule has 0 N–H and O–H groups in total. The Morgan fingerprint density at radius 3 is 2.20 bits per heavy atom. The van der Waals surface area contributed by atoms with Crippen LogP contribution in [-0.2, 0) is 19.1 Å². The molecule has 6 bridgehead atoms. The summed E-state index contributed by atoms with van der Waals surface area (Å²) in [6.07, 6.45) is 11.3. The molecule has 30 heavy (non-hydrogen) atoms. The van der Waals surface area contributed by atoms with E-state index in [1.165, 1.54) is 32.1 Å². The highest BCUT2D eigenvalue weighted by atomic mass is 16.6. The second-order valence-electron chi connectivity index (χ2n) is 12.2. The summed E-state index contributed by atoms with van der Waals surface area (Å²) in [7, 11) is 0. The van der Waals surface area contributed by atoms with E-state index in [0.717, 1.165) is 43.9 Å². The lowest BCUT2D eigenvalue weighted by Crippen LogP contribution is -2.57. The van der Waals surface area contributed by atoms with Crippen molar-refractivity contribution in [2.75, 3.05) is 0 Å². The third-order valence-corrected chi connectivity index (χ3v) is 10.1. The van der Waals surface area contributed by atoms with Gasteiger partial charge in [0.1, 0.15) is 12.2 Å². The van der Waals surface area contributed by atoms with Crippen LogP contribution in [0.1, 0.15) is 91.9 Å². The van der Waals surface area contributed by atoms with Crippen LogP contribution in [0.15, 0.2) is 0 Å². The van der Waals surface area contributed by atoms with Gasteiger partial charge in [-0.05, 0) is 102 Å². The monoisotopic (exact) mass is 416 g/mol. The van der Waals surface area contributed by atoms with Crippen molar-refractivity contribution in [3.05, 3.63) is 0 Å². The lowest BCUT2D eigenvalue weighted by atomic mass is 9.47. The number of rotatable bonds is 6. The van der Waals surface area contributed by atoms with Gasteiger partial charge < -0.3 is 9.47 Å². The number of fused-ring (bicyclic) bond motifs is 2. The molecule has 7 unspecified atom stereocenters. The molecule has 6 aliphatic rings. The van der Waals surface area contributed by atoms with Crippen molar-refractivity contribution in [1.29, 1.82) is 0 Å². The van der Waals surface area contributed by atoms with Gasteiger partial charge >= 0.3 is 11.9 Å². The zero-order valence-corrected chi connectivity index (χ0v) is 19.3. The second-order valence-corrected chi connectivity index (χ2v) is 12.2. The first-order valence-corrected chi connectivity index (χ1v) is 12.7. The molecule has 6 aliphatic carbocycles. The van der Waals surface area contributed by atoms with Gasteiger partial charge in [0.2, 0.25) is 0 Å². The Balaban J connectivity index is 1.26. The zero-order valence-electron chi connectivity index (χ0n) is 19.3. The number of ether oxygens (including phenoxy) is 2. The summed E-state index contributed by atoms with van der Waals surface area (Å²) in [6, 6.07) is 0. The van der Waals surface area contributed by atoms with E-state index in [1.54, 1.807) is 0 Å². The van der Waals surface area contributed by atoms with Crippen molar-refractivity contribution in [1.82, 2.24) is 0 Å². The van der Waals surface area contributed by atoms with Gasteiger partial charge in [0, 0.05) is 11.3 Å². The Morgan fingerprint density at radius 1 is 0.900 bits per heavy atom. The fraction of sp³-hybridized carbons (Fsp3) is 0.923. The fourth-order valence-electron chi connectivity index (χ4n) is 8.22. The summed E-state index contributed by atoms with van der Waals surface area (Å²) >= 11 is 0. The van der Waals surface area contributed by atoms with E-state index in [2.05, 4.69) is 6.92 Å². The van der Waals surface area contributed by atoms with Gasteiger partial charge in [-0.2, -0.15) is 0 Å². The molecule has 7 atom stereocenters.